The number of halogens is 1. The SMILES string of the molecule is COc1cc(N2CCC(N3CC(N(C)C)C3)CC2)c(C)cc1Nc1ncc(Br)c(Nc2ccc3cncnc3c2P(C)(C)=O)n1. The van der Waals surface area contributed by atoms with E-state index in [9.17, 15) is 4.57 Å². The van der Waals surface area contributed by atoms with Gasteiger partial charge >= 0.3 is 0 Å². The van der Waals surface area contributed by atoms with Gasteiger partial charge in [0.25, 0.3) is 0 Å². The van der Waals surface area contributed by atoms with E-state index >= 15 is 0 Å². The molecule has 2 saturated heterocycles. The minimum Gasteiger partial charge on any atom is -0.494 e. The normalized spacial score (nSPS) is 16.7. The Morgan fingerprint density at radius 3 is 2.49 bits per heavy atom. The maximum absolute atomic E-state index is 13.4. The average Bonchev–Trinajstić information content (AvgIpc) is 2.98. The van der Waals surface area contributed by atoms with Crippen molar-refractivity contribution in [2.24, 2.45) is 0 Å². The molecule has 238 valence electrons. The molecule has 13 heteroatoms. The molecule has 4 heterocycles. The van der Waals surface area contributed by atoms with E-state index in [2.05, 4.69) is 89.4 Å². The number of likely N-dealkylation sites (tertiary alicyclic amines) is 1. The molecule has 2 aliphatic rings. The summed E-state index contributed by atoms with van der Waals surface area (Å²) >= 11 is 3.58. The lowest BCUT2D eigenvalue weighted by Gasteiger charge is -2.49. The number of likely N-dealkylation sites (N-methyl/N-ethyl adjacent to an activating group) is 1. The Balaban J connectivity index is 1.20. The summed E-state index contributed by atoms with van der Waals surface area (Å²) < 4.78 is 19.9. The van der Waals surface area contributed by atoms with Crippen LogP contribution < -0.4 is 25.6 Å². The van der Waals surface area contributed by atoms with Crippen molar-refractivity contribution in [2.75, 3.05) is 76.2 Å². The second-order valence-corrected chi connectivity index (χ2v) is 16.5. The standard InChI is InChI=1S/C32H41BrN9O2P/c1-20-13-26(28(44-4)14-27(20)41-11-9-22(10-12-41)42-17-23(18-42)40(2)3)38-32-35-16-24(33)31(39-32)37-25-8-7-21-15-34-19-36-29(21)30(25)45(5,6)43/h7-8,13-16,19,22-23H,9-12,17-18H2,1-6H3,(H2,35,37,38,39). The summed E-state index contributed by atoms with van der Waals surface area (Å²) in [5, 5.41) is 8.22. The Hall–Kier alpha value is -3.31. The zero-order valence-electron chi connectivity index (χ0n) is 26.7. The predicted octanol–water partition coefficient (Wildman–Crippen LogP) is 5.45. The molecule has 2 aromatic carbocycles. The molecule has 4 aromatic rings. The highest BCUT2D eigenvalue weighted by molar-refractivity contribution is 9.10. The largest absolute Gasteiger partial charge is 0.494 e. The second-order valence-electron chi connectivity index (χ2n) is 12.5. The number of rotatable bonds is 9. The minimum atomic E-state index is -2.72. The molecule has 0 bridgehead atoms. The van der Waals surface area contributed by atoms with E-state index in [0.717, 1.165) is 35.5 Å². The van der Waals surface area contributed by atoms with Crippen molar-refractivity contribution in [3.8, 4) is 5.75 Å². The van der Waals surface area contributed by atoms with Crippen molar-refractivity contribution in [3.05, 3.63) is 53.0 Å². The first-order chi connectivity index (χ1) is 21.5. The van der Waals surface area contributed by atoms with Gasteiger partial charge in [0, 0.05) is 67.8 Å². The highest BCUT2D eigenvalue weighted by atomic mass is 79.9. The van der Waals surface area contributed by atoms with Gasteiger partial charge < -0.3 is 29.7 Å². The molecule has 0 radical (unpaired) electrons. The van der Waals surface area contributed by atoms with E-state index in [-0.39, 0.29) is 0 Å². The zero-order chi connectivity index (χ0) is 31.9. The van der Waals surface area contributed by atoms with Crippen LogP contribution in [0.1, 0.15) is 18.4 Å². The Morgan fingerprint density at radius 2 is 1.80 bits per heavy atom. The number of hydrogen-bond donors (Lipinski definition) is 2. The molecule has 2 N–H and O–H groups in total. The Morgan fingerprint density at radius 1 is 1.04 bits per heavy atom. The van der Waals surface area contributed by atoms with Gasteiger partial charge in [-0.15, -0.1) is 0 Å². The molecule has 45 heavy (non-hydrogen) atoms. The van der Waals surface area contributed by atoms with E-state index in [1.807, 2.05) is 12.1 Å². The van der Waals surface area contributed by atoms with Gasteiger partial charge in [-0.25, -0.2) is 15.0 Å². The first-order valence-electron chi connectivity index (χ1n) is 15.2. The maximum Gasteiger partial charge on any atom is 0.229 e. The monoisotopic (exact) mass is 693 g/mol. The third-order valence-corrected chi connectivity index (χ3v) is 11.0. The summed E-state index contributed by atoms with van der Waals surface area (Å²) in [5.41, 5.74) is 4.48. The first-order valence-corrected chi connectivity index (χ1v) is 18.6. The number of nitrogens with one attached hydrogen (secondary N) is 2. The second kappa shape index (κ2) is 12.8. The molecule has 2 aromatic heterocycles. The van der Waals surface area contributed by atoms with Crippen LogP contribution in [0.15, 0.2) is 47.5 Å². The molecular formula is C32H41BrN9O2P. The maximum atomic E-state index is 13.4. The third-order valence-electron chi connectivity index (χ3n) is 8.89. The summed E-state index contributed by atoms with van der Waals surface area (Å²) in [4.78, 5) is 25.3. The molecule has 0 atom stereocenters. The van der Waals surface area contributed by atoms with Crippen LogP contribution in [0.3, 0.4) is 0 Å². The van der Waals surface area contributed by atoms with Gasteiger partial charge in [-0.2, -0.15) is 4.98 Å². The molecule has 2 aliphatic heterocycles. The minimum absolute atomic E-state index is 0.401. The summed E-state index contributed by atoms with van der Waals surface area (Å²) in [7, 11) is 3.32. The van der Waals surface area contributed by atoms with Gasteiger partial charge in [-0.05, 0) is 86.9 Å². The zero-order valence-corrected chi connectivity index (χ0v) is 29.2. The molecule has 0 unspecified atom stereocenters. The lowest BCUT2D eigenvalue weighted by atomic mass is 9.96. The fourth-order valence-electron chi connectivity index (χ4n) is 6.32. The van der Waals surface area contributed by atoms with Crippen LogP contribution in [0.2, 0.25) is 0 Å². The molecule has 2 fully saturated rings. The Bertz CT molecular complexity index is 1750. The van der Waals surface area contributed by atoms with Crippen LogP contribution in [-0.2, 0) is 4.57 Å². The highest BCUT2D eigenvalue weighted by Crippen LogP contribution is 2.42. The molecule has 0 aliphatic carbocycles. The first kappa shape index (κ1) is 31.7. The third kappa shape index (κ3) is 6.65. The molecular weight excluding hydrogens is 653 g/mol. The number of anilines is 5. The lowest BCUT2D eigenvalue weighted by molar-refractivity contribution is 0.0188. The van der Waals surface area contributed by atoms with Crippen molar-refractivity contribution >= 4 is 68.1 Å². The fourth-order valence-corrected chi connectivity index (χ4v) is 8.02. The van der Waals surface area contributed by atoms with Crippen LogP contribution in [0, 0.1) is 6.92 Å². The molecule has 0 saturated carbocycles. The number of hydrogen-bond acceptors (Lipinski definition) is 11. The molecule has 0 spiro atoms. The van der Waals surface area contributed by atoms with Crippen molar-refractivity contribution in [1.82, 2.24) is 29.7 Å². The number of methoxy groups -OCH3 is 1. The highest BCUT2D eigenvalue weighted by Gasteiger charge is 2.35. The fraction of sp³-hybridized carbons (Fsp3) is 0.438. The number of ether oxygens (including phenoxy) is 1. The average molecular weight is 695 g/mol. The van der Waals surface area contributed by atoms with Crippen LogP contribution in [-0.4, -0.2) is 103 Å². The number of nitrogens with zero attached hydrogens (tertiary/aromatic N) is 7. The van der Waals surface area contributed by atoms with Crippen molar-refractivity contribution in [2.45, 2.75) is 31.8 Å². The number of benzene rings is 2. The summed E-state index contributed by atoms with van der Waals surface area (Å²) in [6, 6.07) is 9.37. The van der Waals surface area contributed by atoms with Crippen molar-refractivity contribution in [3.63, 3.8) is 0 Å². The van der Waals surface area contributed by atoms with Gasteiger partial charge in [0.15, 0.2) is 0 Å². The summed E-state index contributed by atoms with van der Waals surface area (Å²) in [6.07, 6.45) is 7.23. The van der Waals surface area contributed by atoms with Crippen LogP contribution >= 0.6 is 23.1 Å². The van der Waals surface area contributed by atoms with Crippen LogP contribution in [0.4, 0.5) is 28.8 Å². The quantitative estimate of drug-likeness (QED) is 0.218. The Kier molecular flexibility index (Phi) is 9.03. The number of aromatic nitrogens is 4. The van der Waals surface area contributed by atoms with E-state index in [1.165, 1.54) is 37.9 Å². The van der Waals surface area contributed by atoms with Gasteiger partial charge in [0.2, 0.25) is 5.95 Å². The van der Waals surface area contributed by atoms with E-state index in [4.69, 9.17) is 9.72 Å². The van der Waals surface area contributed by atoms with Gasteiger partial charge in [-0.3, -0.25) is 4.90 Å². The topological polar surface area (TPSA) is 112 Å². The van der Waals surface area contributed by atoms with Gasteiger partial charge in [0.1, 0.15) is 25.0 Å². The van der Waals surface area contributed by atoms with E-state index in [1.54, 1.807) is 32.8 Å². The van der Waals surface area contributed by atoms with Gasteiger partial charge in [0.05, 0.1) is 33.8 Å². The van der Waals surface area contributed by atoms with Crippen molar-refractivity contribution < 1.29 is 9.30 Å². The number of aryl methyl sites for hydroxylation is 1. The number of fused-ring (bicyclic) bond motifs is 1. The smallest absolute Gasteiger partial charge is 0.229 e. The lowest BCUT2D eigenvalue weighted by Crippen LogP contribution is -2.62. The summed E-state index contributed by atoms with van der Waals surface area (Å²) in [6.45, 7) is 10.0. The Labute approximate surface area is 273 Å². The molecule has 0 amide bonds. The van der Waals surface area contributed by atoms with Crippen LogP contribution in [0.25, 0.3) is 10.9 Å². The van der Waals surface area contributed by atoms with E-state index in [0.29, 0.717) is 44.8 Å². The van der Waals surface area contributed by atoms with E-state index < -0.39 is 7.14 Å². The van der Waals surface area contributed by atoms with Crippen LogP contribution in [0.5, 0.6) is 5.75 Å². The number of piperidine rings is 1. The molecule has 6 rings (SSSR count). The van der Waals surface area contributed by atoms with Gasteiger partial charge in [-0.1, -0.05) is 0 Å². The predicted molar refractivity (Wildman–Crippen MR) is 187 cm³/mol. The van der Waals surface area contributed by atoms with Crippen molar-refractivity contribution in [1.29, 1.82) is 0 Å². The molecule has 11 nitrogen and oxygen atoms in total. The summed E-state index contributed by atoms with van der Waals surface area (Å²) in [5.74, 6) is 1.66.